The number of carbonyl (C=O) groups is 1. The summed E-state index contributed by atoms with van der Waals surface area (Å²) in [4.78, 5) is 28.8. The molecule has 5 aromatic rings. The van der Waals surface area contributed by atoms with Gasteiger partial charge < -0.3 is 26.8 Å². The van der Waals surface area contributed by atoms with Crippen molar-refractivity contribution < 1.29 is 9.90 Å². The number of para-hydroxylation sites is 2. The highest BCUT2D eigenvalue weighted by Gasteiger charge is 2.24. The van der Waals surface area contributed by atoms with Crippen molar-refractivity contribution in [2.24, 2.45) is 0 Å². The highest BCUT2D eigenvalue weighted by atomic mass is 16.4. The molecule has 45 heavy (non-hydrogen) atoms. The number of aryl methyl sites for hydroxylation is 1. The van der Waals surface area contributed by atoms with Gasteiger partial charge in [-0.1, -0.05) is 18.2 Å². The molecule has 13 nitrogen and oxygen atoms in total. The maximum atomic E-state index is 11.1. The zero-order valence-electron chi connectivity index (χ0n) is 26.4. The maximum absolute atomic E-state index is 11.1. The largest absolute Gasteiger partial charge is 0.476 e. The van der Waals surface area contributed by atoms with Crippen molar-refractivity contribution in [2.45, 2.75) is 39.8 Å². The summed E-state index contributed by atoms with van der Waals surface area (Å²) < 4.78 is 3.75. The third-order valence-electron chi connectivity index (χ3n) is 7.59. The minimum absolute atomic E-state index is 0.129. The zero-order chi connectivity index (χ0) is 32.3. The van der Waals surface area contributed by atoms with Crippen LogP contribution in [0.5, 0.6) is 0 Å². The number of nitrogens with two attached hydrogens (primary N) is 2. The number of anilines is 4. The average Bonchev–Trinajstić information content (AvgIpc) is 3.58. The molecule has 0 radical (unpaired) electrons. The van der Waals surface area contributed by atoms with Gasteiger partial charge >= 0.3 is 5.97 Å². The summed E-state index contributed by atoms with van der Waals surface area (Å²) in [5.41, 5.74) is 17.0. The van der Waals surface area contributed by atoms with Crippen LogP contribution in [0.2, 0.25) is 0 Å². The molecule has 236 valence electrons. The summed E-state index contributed by atoms with van der Waals surface area (Å²) in [6, 6.07) is 17.0. The fourth-order valence-electron chi connectivity index (χ4n) is 5.17. The van der Waals surface area contributed by atoms with Gasteiger partial charge in [0.15, 0.2) is 5.69 Å². The predicted octanol–water partition coefficient (Wildman–Crippen LogP) is 4.12. The van der Waals surface area contributed by atoms with Gasteiger partial charge in [-0.15, -0.1) is 0 Å². The Labute approximate surface area is 262 Å². The van der Waals surface area contributed by atoms with Crippen LogP contribution in [0.25, 0.3) is 16.9 Å². The number of rotatable bonds is 6. The topological polar surface area (TPSA) is 169 Å². The molecule has 1 aliphatic heterocycles. The third-order valence-corrected chi connectivity index (χ3v) is 7.59. The van der Waals surface area contributed by atoms with Gasteiger partial charge in [-0.3, -0.25) is 14.1 Å². The van der Waals surface area contributed by atoms with Gasteiger partial charge in [0.25, 0.3) is 0 Å². The maximum Gasteiger partial charge on any atom is 0.356 e. The number of piperazine rings is 1. The number of hydrogen-bond donors (Lipinski definition) is 4. The first-order valence-corrected chi connectivity index (χ1v) is 14.8. The number of carboxylic acid groups (broad SMARTS) is 1. The summed E-state index contributed by atoms with van der Waals surface area (Å²) in [6.07, 6.45) is 1.44. The van der Waals surface area contributed by atoms with E-state index in [0.29, 0.717) is 23.3 Å². The molecule has 1 fully saturated rings. The first kappa shape index (κ1) is 31.4. The summed E-state index contributed by atoms with van der Waals surface area (Å²) in [5, 5.41) is 16.7. The molecule has 0 aliphatic carbocycles. The van der Waals surface area contributed by atoms with Crippen LogP contribution in [-0.4, -0.2) is 83.4 Å². The van der Waals surface area contributed by atoms with Gasteiger partial charge in [0.2, 0.25) is 5.95 Å². The number of hydrogen-bond acceptors (Lipinski definition) is 10. The van der Waals surface area contributed by atoms with E-state index >= 15 is 0 Å². The second-order valence-corrected chi connectivity index (χ2v) is 12.2. The molecule has 0 bridgehead atoms. The van der Waals surface area contributed by atoms with Crippen molar-refractivity contribution in [3.63, 3.8) is 0 Å². The standard InChI is InChI=1S/C18H17N7.C14H24N4O2/c1-11-6-7-12(19)8-14(11)24-18-23-13-4-2-3-5-15(13)25(18)17-9-16(20)21-10-22-17;1-14(2,3)18-11(9-12(15-18)13(19)20)10-17-7-5-16(4)6-8-17/h2-10H,19H2,1H3,(H,23,24)(H2,20,21,22);9H,5-8,10H2,1-4H3,(H,19,20). The highest BCUT2D eigenvalue weighted by molar-refractivity contribution is 5.85. The smallest absolute Gasteiger partial charge is 0.356 e. The molecule has 0 spiro atoms. The van der Waals surface area contributed by atoms with Crippen molar-refractivity contribution in [2.75, 3.05) is 50.0 Å². The Bertz CT molecular complexity index is 1800. The van der Waals surface area contributed by atoms with Gasteiger partial charge in [-0.05, 0) is 70.6 Å². The number of nitrogens with one attached hydrogen (secondary N) is 1. The van der Waals surface area contributed by atoms with Crippen LogP contribution >= 0.6 is 0 Å². The number of fused-ring (bicyclic) bond motifs is 1. The van der Waals surface area contributed by atoms with Crippen LogP contribution in [0.1, 0.15) is 42.5 Å². The number of imidazole rings is 1. The Morgan fingerprint density at radius 1 is 1.00 bits per heavy atom. The SMILES string of the molecule is CN1CCN(Cc2cc(C(=O)O)nn2C(C)(C)C)CC1.Cc1ccc(N)cc1Nc1nc2ccccc2n1-c1cc(N)ncn1. The molecule has 0 saturated carbocycles. The van der Waals surface area contributed by atoms with E-state index < -0.39 is 5.97 Å². The fraction of sp³-hybridized carbons (Fsp3) is 0.344. The van der Waals surface area contributed by atoms with Gasteiger partial charge in [0.1, 0.15) is 18.0 Å². The molecule has 1 aliphatic rings. The van der Waals surface area contributed by atoms with Crippen LogP contribution in [0, 0.1) is 6.92 Å². The Morgan fingerprint density at radius 2 is 1.73 bits per heavy atom. The summed E-state index contributed by atoms with van der Waals surface area (Å²) >= 11 is 0. The lowest BCUT2D eigenvalue weighted by Gasteiger charge is -2.33. The Kier molecular flexibility index (Phi) is 9.02. The second-order valence-electron chi connectivity index (χ2n) is 12.2. The van der Waals surface area contributed by atoms with E-state index in [4.69, 9.17) is 21.6 Å². The van der Waals surface area contributed by atoms with Crippen molar-refractivity contribution in [1.29, 1.82) is 0 Å². The number of benzene rings is 2. The number of likely N-dealkylation sites (N-methyl/N-ethyl adjacent to an activating group) is 1. The predicted molar refractivity (Wildman–Crippen MR) is 177 cm³/mol. The van der Waals surface area contributed by atoms with Crippen molar-refractivity contribution >= 4 is 40.1 Å². The quantitative estimate of drug-likeness (QED) is 0.204. The molecule has 3 aromatic heterocycles. The molecule has 0 amide bonds. The molecule has 1 saturated heterocycles. The van der Waals surface area contributed by atoms with Crippen LogP contribution in [0.4, 0.5) is 23.1 Å². The summed E-state index contributed by atoms with van der Waals surface area (Å²) in [6.45, 7) is 13.0. The Morgan fingerprint density at radius 3 is 2.42 bits per heavy atom. The van der Waals surface area contributed by atoms with E-state index in [2.05, 4.69) is 37.2 Å². The zero-order valence-corrected chi connectivity index (χ0v) is 26.4. The minimum atomic E-state index is -0.965. The van der Waals surface area contributed by atoms with Gasteiger partial charge in [0, 0.05) is 50.2 Å². The number of nitrogens with zero attached hydrogens (tertiary/aromatic N) is 8. The Balaban J connectivity index is 0.000000183. The molecule has 0 atom stereocenters. The molecule has 6 N–H and O–H groups in total. The second kappa shape index (κ2) is 12.9. The van der Waals surface area contributed by atoms with Gasteiger partial charge in [-0.25, -0.2) is 19.7 Å². The molecule has 13 heteroatoms. The molecular weight excluding hydrogens is 570 g/mol. The van der Waals surface area contributed by atoms with Crippen LogP contribution in [0.3, 0.4) is 0 Å². The minimum Gasteiger partial charge on any atom is -0.476 e. The van der Waals surface area contributed by atoms with E-state index in [-0.39, 0.29) is 11.2 Å². The molecule has 6 rings (SSSR count). The first-order valence-electron chi connectivity index (χ1n) is 14.8. The Hall–Kier alpha value is -5.01. The normalized spacial score (nSPS) is 14.2. The van der Waals surface area contributed by atoms with Crippen LogP contribution in [0.15, 0.2) is 60.9 Å². The van der Waals surface area contributed by atoms with Gasteiger partial charge in [0.05, 0.1) is 22.3 Å². The van der Waals surface area contributed by atoms with Crippen LogP contribution in [-0.2, 0) is 12.1 Å². The van der Waals surface area contributed by atoms with E-state index in [0.717, 1.165) is 60.7 Å². The first-order chi connectivity index (χ1) is 21.4. The fourth-order valence-corrected chi connectivity index (χ4v) is 5.17. The lowest BCUT2D eigenvalue weighted by atomic mass is 10.1. The van der Waals surface area contributed by atoms with E-state index in [1.807, 2.05) is 79.4 Å². The summed E-state index contributed by atoms with van der Waals surface area (Å²) in [7, 11) is 2.12. The highest BCUT2D eigenvalue weighted by Crippen LogP contribution is 2.28. The van der Waals surface area contributed by atoms with E-state index in [1.165, 1.54) is 6.33 Å². The third kappa shape index (κ3) is 7.39. The lowest BCUT2D eigenvalue weighted by Crippen LogP contribution is -2.44. The van der Waals surface area contributed by atoms with Crippen molar-refractivity contribution in [3.05, 3.63) is 77.9 Å². The molecule has 4 heterocycles. The van der Waals surface area contributed by atoms with Gasteiger partial charge in [-0.2, -0.15) is 5.10 Å². The number of nitrogen functional groups attached to an aromatic ring is 2. The molecule has 0 unspecified atom stereocenters. The average molecular weight is 612 g/mol. The molecule has 2 aromatic carbocycles. The van der Waals surface area contributed by atoms with E-state index in [9.17, 15) is 4.79 Å². The van der Waals surface area contributed by atoms with Crippen LogP contribution < -0.4 is 16.8 Å². The number of aromatic nitrogens is 6. The monoisotopic (exact) mass is 611 g/mol. The lowest BCUT2D eigenvalue weighted by molar-refractivity contribution is 0.0688. The number of aromatic carboxylic acids is 1. The molecular formula is C32H41N11O2. The van der Waals surface area contributed by atoms with Crippen molar-refractivity contribution in [1.82, 2.24) is 39.1 Å². The number of carboxylic acids is 1. The van der Waals surface area contributed by atoms with E-state index in [1.54, 1.807) is 12.1 Å². The summed E-state index contributed by atoms with van der Waals surface area (Å²) in [5.74, 6) is 0.708. The van der Waals surface area contributed by atoms with Crippen molar-refractivity contribution in [3.8, 4) is 5.82 Å².